The molecule has 0 bridgehead atoms. The van der Waals surface area contributed by atoms with Gasteiger partial charge in [-0.3, -0.25) is 0 Å². The van der Waals surface area contributed by atoms with E-state index in [1.807, 2.05) is 0 Å². The van der Waals surface area contributed by atoms with Crippen LogP contribution < -0.4 is 5.32 Å². The number of rotatable bonds is 7. The van der Waals surface area contributed by atoms with Gasteiger partial charge in [-0.15, -0.1) is 0 Å². The first kappa shape index (κ1) is 12.3. The summed E-state index contributed by atoms with van der Waals surface area (Å²) in [7, 11) is 1.72. The zero-order valence-corrected chi connectivity index (χ0v) is 9.71. The van der Waals surface area contributed by atoms with Crippen molar-refractivity contribution in [2.24, 2.45) is 0 Å². The number of hydrogen-bond donors (Lipinski definition) is 1. The third kappa shape index (κ3) is 5.00. The summed E-state index contributed by atoms with van der Waals surface area (Å²) >= 11 is 0. The van der Waals surface area contributed by atoms with Crippen LogP contribution in [0.1, 0.15) is 19.8 Å². The highest BCUT2D eigenvalue weighted by Crippen LogP contribution is 2.17. The van der Waals surface area contributed by atoms with Gasteiger partial charge in [0.25, 0.3) is 0 Å². The van der Waals surface area contributed by atoms with Crippen LogP contribution in [0.25, 0.3) is 0 Å². The molecule has 86 valence electrons. The molecule has 0 saturated heterocycles. The van der Waals surface area contributed by atoms with Gasteiger partial charge in [-0.05, 0) is 31.5 Å². The molecule has 0 radical (unpaired) electrons. The number of hydrogen-bond acceptors (Lipinski definition) is 3. The lowest BCUT2D eigenvalue weighted by Gasteiger charge is -2.04. The smallest absolute Gasteiger partial charge is 0.118 e. The lowest BCUT2D eigenvalue weighted by atomic mass is 10.2. The molecule has 0 amide bonds. The molecule has 3 heteroatoms. The van der Waals surface area contributed by atoms with Gasteiger partial charge in [0.2, 0.25) is 0 Å². The first-order valence-electron chi connectivity index (χ1n) is 5.54. The second kappa shape index (κ2) is 7.49. The van der Waals surface area contributed by atoms with Crippen LogP contribution in [0.5, 0.6) is 0 Å². The summed E-state index contributed by atoms with van der Waals surface area (Å²) in [6.45, 7) is 5.63. The van der Waals surface area contributed by atoms with Crippen LogP contribution in [0.3, 0.4) is 0 Å². The van der Waals surface area contributed by atoms with Crippen molar-refractivity contribution in [1.29, 1.82) is 0 Å². The van der Waals surface area contributed by atoms with E-state index in [-0.39, 0.29) is 0 Å². The van der Waals surface area contributed by atoms with Crippen LogP contribution in [-0.2, 0) is 9.47 Å². The van der Waals surface area contributed by atoms with Gasteiger partial charge in [0, 0.05) is 20.1 Å². The van der Waals surface area contributed by atoms with Crippen LogP contribution in [0.2, 0.25) is 0 Å². The highest BCUT2D eigenvalue weighted by Gasteiger charge is 2.05. The Hall–Kier alpha value is -0.800. The van der Waals surface area contributed by atoms with E-state index in [1.165, 1.54) is 5.57 Å². The molecule has 0 fully saturated rings. The second-order valence-electron chi connectivity index (χ2n) is 3.62. The van der Waals surface area contributed by atoms with Crippen molar-refractivity contribution in [2.45, 2.75) is 19.8 Å². The maximum absolute atomic E-state index is 5.46. The summed E-state index contributed by atoms with van der Waals surface area (Å²) in [4.78, 5) is 0. The van der Waals surface area contributed by atoms with Crippen LogP contribution in [0, 0.1) is 0 Å². The molecule has 1 heterocycles. The summed E-state index contributed by atoms with van der Waals surface area (Å²) in [5.74, 6) is 1.06. The molecule has 0 saturated carbocycles. The highest BCUT2D eigenvalue weighted by molar-refractivity contribution is 5.25. The SMILES string of the molecule is COCCNCC/C=C(/C)C1=CCCO1. The number of nitrogens with one attached hydrogen (secondary N) is 1. The normalized spacial score (nSPS) is 16.4. The third-order valence-corrected chi connectivity index (χ3v) is 2.35. The summed E-state index contributed by atoms with van der Waals surface area (Å²) in [6, 6.07) is 0. The van der Waals surface area contributed by atoms with E-state index in [4.69, 9.17) is 9.47 Å². The molecule has 0 spiro atoms. The molecule has 0 unspecified atom stereocenters. The Bertz CT molecular complexity index is 234. The Morgan fingerprint density at radius 1 is 1.60 bits per heavy atom. The van der Waals surface area contributed by atoms with Gasteiger partial charge in [-0.1, -0.05) is 6.08 Å². The Balaban J connectivity index is 2.09. The van der Waals surface area contributed by atoms with Crippen molar-refractivity contribution >= 4 is 0 Å². The Labute approximate surface area is 92.1 Å². The van der Waals surface area contributed by atoms with E-state index < -0.39 is 0 Å². The molecule has 0 atom stereocenters. The Morgan fingerprint density at radius 3 is 3.13 bits per heavy atom. The maximum Gasteiger partial charge on any atom is 0.118 e. The molecule has 15 heavy (non-hydrogen) atoms. The zero-order chi connectivity index (χ0) is 10.9. The van der Waals surface area contributed by atoms with Gasteiger partial charge in [0.05, 0.1) is 13.2 Å². The van der Waals surface area contributed by atoms with Gasteiger partial charge in [0.15, 0.2) is 0 Å². The van der Waals surface area contributed by atoms with E-state index in [2.05, 4.69) is 24.4 Å². The van der Waals surface area contributed by atoms with Gasteiger partial charge in [-0.25, -0.2) is 0 Å². The van der Waals surface area contributed by atoms with Crippen LogP contribution >= 0.6 is 0 Å². The van der Waals surface area contributed by atoms with Gasteiger partial charge >= 0.3 is 0 Å². The van der Waals surface area contributed by atoms with Crippen LogP contribution in [-0.4, -0.2) is 33.4 Å². The minimum Gasteiger partial charge on any atom is -0.493 e. The fraction of sp³-hybridized carbons (Fsp3) is 0.667. The summed E-state index contributed by atoms with van der Waals surface area (Å²) in [6.07, 6.45) is 6.46. The predicted octanol–water partition coefficient (Wildman–Crippen LogP) is 1.86. The Morgan fingerprint density at radius 2 is 2.47 bits per heavy atom. The number of allylic oxidation sites excluding steroid dienone is 1. The summed E-state index contributed by atoms with van der Waals surface area (Å²) < 4.78 is 10.4. The van der Waals surface area contributed by atoms with Crippen molar-refractivity contribution in [3.05, 3.63) is 23.5 Å². The molecule has 1 N–H and O–H groups in total. The fourth-order valence-corrected chi connectivity index (χ4v) is 1.48. The molecular weight excluding hydrogens is 190 g/mol. The molecular formula is C12H21NO2. The first-order chi connectivity index (χ1) is 7.34. The largest absolute Gasteiger partial charge is 0.493 e. The predicted molar refractivity (Wildman–Crippen MR) is 61.8 cm³/mol. The van der Waals surface area contributed by atoms with Crippen LogP contribution in [0.4, 0.5) is 0 Å². The highest BCUT2D eigenvalue weighted by atomic mass is 16.5. The molecule has 3 nitrogen and oxygen atoms in total. The quantitative estimate of drug-likeness (QED) is 0.652. The molecule has 1 aliphatic heterocycles. The van der Waals surface area contributed by atoms with E-state index in [1.54, 1.807) is 7.11 Å². The molecule has 0 aliphatic carbocycles. The molecule has 0 aromatic heterocycles. The number of ether oxygens (including phenoxy) is 2. The van der Waals surface area contributed by atoms with Crippen molar-refractivity contribution in [2.75, 3.05) is 33.4 Å². The lowest BCUT2D eigenvalue weighted by molar-refractivity contribution is 0.199. The monoisotopic (exact) mass is 211 g/mol. The lowest BCUT2D eigenvalue weighted by Crippen LogP contribution is -2.19. The van der Waals surface area contributed by atoms with E-state index in [0.29, 0.717) is 0 Å². The van der Waals surface area contributed by atoms with Crippen LogP contribution in [0.15, 0.2) is 23.5 Å². The minimum atomic E-state index is 0.775. The molecule has 0 aromatic carbocycles. The second-order valence-corrected chi connectivity index (χ2v) is 3.62. The molecule has 1 rings (SSSR count). The first-order valence-corrected chi connectivity index (χ1v) is 5.54. The van der Waals surface area contributed by atoms with Crippen molar-refractivity contribution in [1.82, 2.24) is 5.32 Å². The molecule has 1 aliphatic rings. The average molecular weight is 211 g/mol. The average Bonchev–Trinajstić information content (AvgIpc) is 2.76. The van der Waals surface area contributed by atoms with Gasteiger partial charge in [-0.2, -0.15) is 0 Å². The summed E-state index contributed by atoms with van der Waals surface area (Å²) in [5.41, 5.74) is 1.25. The van der Waals surface area contributed by atoms with Crippen molar-refractivity contribution in [3.8, 4) is 0 Å². The van der Waals surface area contributed by atoms with E-state index >= 15 is 0 Å². The van der Waals surface area contributed by atoms with E-state index in [9.17, 15) is 0 Å². The van der Waals surface area contributed by atoms with Crippen molar-refractivity contribution in [3.63, 3.8) is 0 Å². The van der Waals surface area contributed by atoms with E-state index in [0.717, 1.165) is 44.9 Å². The maximum atomic E-state index is 5.46. The zero-order valence-electron chi connectivity index (χ0n) is 9.71. The van der Waals surface area contributed by atoms with Gasteiger partial charge < -0.3 is 14.8 Å². The van der Waals surface area contributed by atoms with Gasteiger partial charge in [0.1, 0.15) is 5.76 Å². The Kier molecular flexibility index (Phi) is 6.12. The third-order valence-electron chi connectivity index (χ3n) is 2.35. The summed E-state index contributed by atoms with van der Waals surface area (Å²) in [5, 5.41) is 3.30. The number of methoxy groups -OCH3 is 1. The fourth-order valence-electron chi connectivity index (χ4n) is 1.48. The minimum absolute atomic E-state index is 0.775. The van der Waals surface area contributed by atoms with Crippen molar-refractivity contribution < 1.29 is 9.47 Å². The topological polar surface area (TPSA) is 30.5 Å². The molecule has 0 aromatic rings. The standard InChI is InChI=1S/C12H21NO2/c1-11(12-6-4-9-15-12)5-3-7-13-8-10-14-2/h5-6,13H,3-4,7-10H2,1-2H3/b11-5-.